The first-order valence-electron chi connectivity index (χ1n) is 23.0. The number of carbonyl (C=O) groups is 2. The van der Waals surface area contributed by atoms with E-state index in [9.17, 15) is 19.0 Å². The van der Waals surface area contributed by atoms with Crippen molar-refractivity contribution >= 4 is 19.8 Å². The lowest BCUT2D eigenvalue weighted by Gasteiger charge is -2.20. The van der Waals surface area contributed by atoms with E-state index in [0.717, 1.165) is 83.5 Å². The summed E-state index contributed by atoms with van der Waals surface area (Å²) in [7, 11) is -4.63. The van der Waals surface area contributed by atoms with Crippen LogP contribution in [-0.4, -0.2) is 60.5 Å². The van der Waals surface area contributed by atoms with E-state index in [1.54, 1.807) is 0 Å². The second-order valence-electron chi connectivity index (χ2n) is 15.2. The smallest absolute Gasteiger partial charge is 0.472 e. The zero-order chi connectivity index (χ0) is 43.3. The molecule has 340 valence electrons. The number of hydrogen-bond acceptors (Lipinski definition) is 8. The molecule has 11 heteroatoms. The van der Waals surface area contributed by atoms with Crippen LogP contribution in [0.4, 0.5) is 0 Å². The Hall–Kier alpha value is -2.59. The third kappa shape index (κ3) is 43.3. The van der Waals surface area contributed by atoms with Crippen LogP contribution in [0.1, 0.15) is 181 Å². The van der Waals surface area contributed by atoms with Gasteiger partial charge in [0.05, 0.1) is 19.8 Å². The number of ether oxygens (including phenoxy) is 2. The van der Waals surface area contributed by atoms with Gasteiger partial charge >= 0.3 is 19.8 Å². The average molecular weight is 850 g/mol. The minimum absolute atomic E-state index is 0.00755. The van der Waals surface area contributed by atoms with Gasteiger partial charge in [0.1, 0.15) is 12.1 Å². The topological polar surface area (TPSA) is 155 Å². The molecule has 0 aliphatic rings. The summed E-state index contributed by atoms with van der Waals surface area (Å²) in [4.78, 5) is 33.6. The molecule has 10 nitrogen and oxygen atoms in total. The van der Waals surface area contributed by atoms with Gasteiger partial charge in [-0.1, -0.05) is 183 Å². The van der Waals surface area contributed by atoms with E-state index in [4.69, 9.17) is 29.4 Å². The van der Waals surface area contributed by atoms with Crippen LogP contribution in [0.2, 0.25) is 0 Å². The van der Waals surface area contributed by atoms with Crippen LogP contribution in [0.25, 0.3) is 0 Å². The van der Waals surface area contributed by atoms with Gasteiger partial charge in [0.2, 0.25) is 0 Å². The van der Waals surface area contributed by atoms with Crippen molar-refractivity contribution in [2.24, 2.45) is 5.73 Å². The van der Waals surface area contributed by atoms with Crippen LogP contribution in [0.5, 0.6) is 0 Å². The van der Waals surface area contributed by atoms with E-state index >= 15 is 0 Å². The van der Waals surface area contributed by atoms with Crippen LogP contribution >= 0.6 is 7.82 Å². The van der Waals surface area contributed by atoms with E-state index in [2.05, 4.69) is 86.8 Å². The van der Waals surface area contributed by atoms with Gasteiger partial charge in [-0.05, 0) is 64.2 Å². The number of carbonyl (C=O) groups excluding carboxylic acids is 1. The SMILES string of the molecule is CC/C=C\C/C=C\C/C=C\C/C=C\C/C=C\C/C=C\CCCCCOCC(COP(=O)(O)OCC(N)C(=O)O)OC(=O)CCCCCCCCCCCCCCCCC. The van der Waals surface area contributed by atoms with Gasteiger partial charge in [0.15, 0.2) is 0 Å². The van der Waals surface area contributed by atoms with Crippen LogP contribution in [-0.2, 0) is 32.7 Å². The lowest BCUT2D eigenvalue weighted by molar-refractivity contribution is -0.154. The van der Waals surface area contributed by atoms with Crippen molar-refractivity contribution in [1.29, 1.82) is 0 Å². The van der Waals surface area contributed by atoms with Crippen molar-refractivity contribution < 1.29 is 42.7 Å². The number of carboxylic acids is 1. The molecule has 3 atom stereocenters. The van der Waals surface area contributed by atoms with Crippen LogP contribution in [0.15, 0.2) is 72.9 Å². The number of allylic oxidation sites excluding steroid dienone is 12. The number of esters is 1. The Balaban J connectivity index is 4.28. The lowest BCUT2D eigenvalue weighted by Crippen LogP contribution is -2.34. The number of aliphatic carboxylic acids is 1. The molecule has 59 heavy (non-hydrogen) atoms. The predicted molar refractivity (Wildman–Crippen MR) is 244 cm³/mol. The second-order valence-corrected chi connectivity index (χ2v) is 16.6. The minimum Gasteiger partial charge on any atom is -0.480 e. The molecule has 3 unspecified atom stereocenters. The van der Waals surface area contributed by atoms with Gasteiger partial charge in [0.25, 0.3) is 0 Å². The number of rotatable bonds is 43. The fourth-order valence-electron chi connectivity index (χ4n) is 5.96. The number of phosphoric ester groups is 1. The van der Waals surface area contributed by atoms with Gasteiger partial charge in [-0.2, -0.15) is 0 Å². The number of hydrogen-bond donors (Lipinski definition) is 3. The zero-order valence-corrected chi connectivity index (χ0v) is 38.0. The van der Waals surface area contributed by atoms with E-state index in [-0.39, 0.29) is 13.0 Å². The van der Waals surface area contributed by atoms with Gasteiger partial charge in [-0.3, -0.25) is 18.6 Å². The summed E-state index contributed by atoms with van der Waals surface area (Å²) < 4.78 is 33.4. The maximum Gasteiger partial charge on any atom is 0.472 e. The average Bonchev–Trinajstić information content (AvgIpc) is 3.21. The highest BCUT2D eigenvalue weighted by Gasteiger charge is 2.27. The molecule has 0 saturated carbocycles. The molecule has 0 rings (SSSR count). The van der Waals surface area contributed by atoms with Crippen molar-refractivity contribution in [2.75, 3.05) is 26.4 Å². The second kappa shape index (κ2) is 43.5. The summed E-state index contributed by atoms with van der Waals surface area (Å²) in [5.41, 5.74) is 5.36. The maximum absolute atomic E-state index is 12.6. The van der Waals surface area contributed by atoms with E-state index < -0.39 is 45.1 Å². The van der Waals surface area contributed by atoms with Crippen molar-refractivity contribution in [3.63, 3.8) is 0 Å². The van der Waals surface area contributed by atoms with Crippen LogP contribution < -0.4 is 5.73 Å². The molecule has 0 aromatic rings. The summed E-state index contributed by atoms with van der Waals surface area (Å²) in [5.74, 6) is -1.80. The van der Waals surface area contributed by atoms with Gasteiger partial charge < -0.3 is 25.2 Å². The Bertz CT molecular complexity index is 1210. The standard InChI is InChI=1S/C48H84NO9P/c1-3-5-7-9-11-13-15-17-19-20-21-22-23-24-25-27-29-31-33-35-37-39-41-55-42-45(43-56-59(53,54)57-44-46(49)48(51)52)58-47(50)40-38-36-34-32-30-28-26-18-16-14-12-10-8-6-4-2/h5,7,11,13,17,19,21-22,24-25,29,31,45-46H,3-4,6,8-10,12,14-16,18,20,23,26-28,30,32-44,49H2,1-2H3,(H,51,52)(H,53,54)/b7-5-,13-11-,19-17-,22-21-,25-24-,31-29-. The summed E-state index contributed by atoms with van der Waals surface area (Å²) in [6.07, 6.45) is 53.8. The minimum atomic E-state index is -4.63. The molecule has 0 spiro atoms. The van der Waals surface area contributed by atoms with E-state index in [1.165, 1.54) is 70.6 Å². The highest BCUT2D eigenvalue weighted by molar-refractivity contribution is 7.47. The van der Waals surface area contributed by atoms with Crippen molar-refractivity contribution in [1.82, 2.24) is 0 Å². The highest BCUT2D eigenvalue weighted by atomic mass is 31.2. The molecule has 0 heterocycles. The van der Waals surface area contributed by atoms with Crippen molar-refractivity contribution in [2.45, 2.75) is 193 Å². The molecule has 0 saturated heterocycles. The Morgan fingerprint density at radius 3 is 1.46 bits per heavy atom. The zero-order valence-electron chi connectivity index (χ0n) is 37.1. The molecular weight excluding hydrogens is 765 g/mol. The first kappa shape index (κ1) is 56.4. The summed E-state index contributed by atoms with van der Waals surface area (Å²) >= 11 is 0. The summed E-state index contributed by atoms with van der Waals surface area (Å²) in [6.45, 7) is 3.69. The first-order valence-corrected chi connectivity index (χ1v) is 24.5. The molecule has 0 bridgehead atoms. The quantitative estimate of drug-likeness (QED) is 0.0234. The highest BCUT2D eigenvalue weighted by Crippen LogP contribution is 2.43. The van der Waals surface area contributed by atoms with Gasteiger partial charge in [-0.25, -0.2) is 4.57 Å². The van der Waals surface area contributed by atoms with Crippen molar-refractivity contribution in [3.05, 3.63) is 72.9 Å². The fourth-order valence-corrected chi connectivity index (χ4v) is 6.74. The molecule has 0 radical (unpaired) electrons. The Kier molecular flexibility index (Phi) is 41.6. The first-order chi connectivity index (χ1) is 28.7. The van der Waals surface area contributed by atoms with Crippen LogP contribution in [0, 0.1) is 0 Å². The molecule has 0 aromatic carbocycles. The number of carboxylic acid groups (broad SMARTS) is 1. The van der Waals surface area contributed by atoms with E-state index in [1.807, 2.05) is 0 Å². The largest absolute Gasteiger partial charge is 0.480 e. The Labute approximate surface area is 359 Å². The molecular formula is C48H84NO9P. The number of nitrogens with two attached hydrogens (primary N) is 1. The predicted octanol–water partition coefficient (Wildman–Crippen LogP) is 13.0. The van der Waals surface area contributed by atoms with Gasteiger partial charge in [-0.15, -0.1) is 0 Å². The summed E-state index contributed by atoms with van der Waals surface area (Å²) in [6, 6.07) is -1.48. The van der Waals surface area contributed by atoms with E-state index in [0.29, 0.717) is 13.0 Å². The number of phosphoric acid groups is 1. The Morgan fingerprint density at radius 1 is 0.559 bits per heavy atom. The molecule has 0 fully saturated rings. The lowest BCUT2D eigenvalue weighted by atomic mass is 10.0. The van der Waals surface area contributed by atoms with Crippen molar-refractivity contribution in [3.8, 4) is 0 Å². The third-order valence-electron chi connectivity index (χ3n) is 9.50. The van der Waals surface area contributed by atoms with Gasteiger partial charge in [0, 0.05) is 13.0 Å². The fraction of sp³-hybridized carbons (Fsp3) is 0.708. The molecule has 0 aromatic heterocycles. The molecule has 0 aliphatic carbocycles. The number of unbranched alkanes of at least 4 members (excludes halogenated alkanes) is 17. The molecule has 4 N–H and O–H groups in total. The Morgan fingerprint density at radius 2 is 0.983 bits per heavy atom. The van der Waals surface area contributed by atoms with Crippen LogP contribution in [0.3, 0.4) is 0 Å². The molecule has 0 amide bonds. The monoisotopic (exact) mass is 850 g/mol. The normalized spacial score (nSPS) is 14.5. The maximum atomic E-state index is 12.6. The summed E-state index contributed by atoms with van der Waals surface area (Å²) in [5, 5.41) is 8.90. The third-order valence-corrected chi connectivity index (χ3v) is 10.5. The molecule has 0 aliphatic heterocycles.